The lowest BCUT2D eigenvalue weighted by Crippen LogP contribution is -2.54. The van der Waals surface area contributed by atoms with E-state index in [1.807, 2.05) is 30.3 Å². The van der Waals surface area contributed by atoms with Crippen molar-refractivity contribution in [1.29, 1.82) is 0 Å². The summed E-state index contributed by atoms with van der Waals surface area (Å²) in [7, 11) is 0. The van der Waals surface area contributed by atoms with E-state index in [2.05, 4.69) is 16.0 Å². The zero-order valence-electron chi connectivity index (χ0n) is 17.6. The predicted octanol–water partition coefficient (Wildman–Crippen LogP) is 1.43. The number of amides is 5. The fraction of sp³-hybridized carbons (Fsp3) is 0.261. The Kier molecular flexibility index (Phi) is 6.34. The molecule has 0 saturated carbocycles. The van der Waals surface area contributed by atoms with E-state index in [4.69, 9.17) is 4.74 Å². The number of hydrogen-bond donors (Lipinski definition) is 3. The number of nitrogens with zero attached hydrogens (tertiary/aromatic N) is 1. The third kappa shape index (κ3) is 4.69. The van der Waals surface area contributed by atoms with Gasteiger partial charge in [0.15, 0.2) is 0 Å². The van der Waals surface area contributed by atoms with E-state index in [0.717, 1.165) is 10.5 Å². The summed E-state index contributed by atoms with van der Waals surface area (Å²) in [6.07, 6.45) is -0.427. The van der Waals surface area contributed by atoms with Crippen LogP contribution >= 0.6 is 0 Å². The van der Waals surface area contributed by atoms with Gasteiger partial charge in [0, 0.05) is 25.2 Å². The Balaban J connectivity index is 1.33. The monoisotopic (exact) mass is 450 g/mol. The minimum Gasteiger partial charge on any atom is -0.445 e. The SMILES string of the molecule is O=C1CCC(N2C(=O)c3cccc(NCCNC(=O)OCc4ccccc4)c3C2=O)C(=O)N1. The molecule has 1 fully saturated rings. The van der Waals surface area contributed by atoms with Crippen LogP contribution in [0, 0.1) is 0 Å². The van der Waals surface area contributed by atoms with Gasteiger partial charge in [0.05, 0.1) is 11.1 Å². The molecule has 4 rings (SSSR count). The zero-order valence-corrected chi connectivity index (χ0v) is 17.6. The summed E-state index contributed by atoms with van der Waals surface area (Å²) >= 11 is 0. The second kappa shape index (κ2) is 9.51. The standard InChI is InChI=1S/C23H22N4O6/c28-18-10-9-17(20(29)26-18)27-21(30)15-7-4-8-16(19(15)22(27)31)24-11-12-25-23(32)33-13-14-5-2-1-3-6-14/h1-8,17,24H,9-13H2,(H,25,32)(H,26,28,29). The second-order valence-electron chi connectivity index (χ2n) is 7.59. The van der Waals surface area contributed by atoms with Crippen LogP contribution in [-0.4, -0.2) is 53.8 Å². The Bertz CT molecular complexity index is 1120. The number of carbonyl (C=O) groups excluding carboxylic acids is 5. The molecule has 1 atom stereocenters. The summed E-state index contributed by atoms with van der Waals surface area (Å²) in [6.45, 7) is 0.645. The Morgan fingerprint density at radius 1 is 1.00 bits per heavy atom. The summed E-state index contributed by atoms with van der Waals surface area (Å²) < 4.78 is 5.14. The molecule has 10 heteroatoms. The van der Waals surface area contributed by atoms with Gasteiger partial charge in [-0.15, -0.1) is 0 Å². The van der Waals surface area contributed by atoms with Crippen molar-refractivity contribution in [3.05, 3.63) is 65.2 Å². The molecular formula is C23H22N4O6. The van der Waals surface area contributed by atoms with Crippen molar-refractivity contribution in [3.63, 3.8) is 0 Å². The number of carbonyl (C=O) groups is 5. The van der Waals surface area contributed by atoms with Crippen LogP contribution in [0.2, 0.25) is 0 Å². The lowest BCUT2D eigenvalue weighted by atomic mass is 10.0. The van der Waals surface area contributed by atoms with Crippen LogP contribution in [0.15, 0.2) is 48.5 Å². The minimum atomic E-state index is -1.02. The highest BCUT2D eigenvalue weighted by Crippen LogP contribution is 2.32. The number of alkyl carbamates (subject to hydrolysis) is 1. The maximum absolute atomic E-state index is 13.0. The molecule has 2 heterocycles. The maximum atomic E-state index is 13.0. The second-order valence-corrected chi connectivity index (χ2v) is 7.59. The van der Waals surface area contributed by atoms with Gasteiger partial charge < -0.3 is 15.4 Å². The number of rotatable bonds is 7. The summed E-state index contributed by atoms with van der Waals surface area (Å²) in [5, 5.41) is 7.82. The smallest absolute Gasteiger partial charge is 0.407 e. The molecule has 3 N–H and O–H groups in total. The van der Waals surface area contributed by atoms with E-state index in [1.54, 1.807) is 12.1 Å². The summed E-state index contributed by atoms with van der Waals surface area (Å²) in [5.74, 6) is -2.25. The predicted molar refractivity (Wildman–Crippen MR) is 116 cm³/mol. The van der Waals surface area contributed by atoms with Crippen LogP contribution in [0.5, 0.6) is 0 Å². The number of ether oxygens (including phenoxy) is 1. The first-order valence-corrected chi connectivity index (χ1v) is 10.5. The molecule has 10 nitrogen and oxygen atoms in total. The fourth-order valence-corrected chi connectivity index (χ4v) is 3.80. The molecule has 0 spiro atoms. The highest BCUT2D eigenvalue weighted by atomic mass is 16.5. The quantitative estimate of drug-likeness (QED) is 0.429. The van der Waals surface area contributed by atoms with Crippen LogP contribution in [0.1, 0.15) is 39.1 Å². The molecule has 0 radical (unpaired) electrons. The Morgan fingerprint density at radius 3 is 2.55 bits per heavy atom. The zero-order chi connectivity index (χ0) is 23.4. The molecule has 2 aromatic carbocycles. The van der Waals surface area contributed by atoms with Crippen molar-refractivity contribution < 1.29 is 28.7 Å². The maximum Gasteiger partial charge on any atom is 0.407 e. The number of fused-ring (bicyclic) bond motifs is 1. The summed E-state index contributed by atoms with van der Waals surface area (Å²) in [5.41, 5.74) is 1.64. The normalized spacial score (nSPS) is 17.5. The van der Waals surface area contributed by atoms with Gasteiger partial charge in [-0.2, -0.15) is 0 Å². The first kappa shape index (κ1) is 22.0. The summed E-state index contributed by atoms with van der Waals surface area (Å²) in [6, 6.07) is 13.0. The molecular weight excluding hydrogens is 428 g/mol. The number of hydrogen-bond acceptors (Lipinski definition) is 7. The molecule has 0 aliphatic carbocycles. The van der Waals surface area contributed by atoms with Crippen LogP contribution in [-0.2, 0) is 20.9 Å². The van der Waals surface area contributed by atoms with Gasteiger partial charge in [0.1, 0.15) is 12.6 Å². The Labute approximate surface area is 189 Å². The van der Waals surface area contributed by atoms with E-state index in [9.17, 15) is 24.0 Å². The molecule has 0 bridgehead atoms. The number of piperidine rings is 1. The number of anilines is 1. The van der Waals surface area contributed by atoms with Crippen molar-refractivity contribution in [1.82, 2.24) is 15.5 Å². The number of nitrogens with one attached hydrogen (secondary N) is 3. The van der Waals surface area contributed by atoms with Gasteiger partial charge in [0.2, 0.25) is 11.8 Å². The van der Waals surface area contributed by atoms with Gasteiger partial charge in [-0.1, -0.05) is 36.4 Å². The molecule has 2 aromatic rings. The molecule has 1 saturated heterocycles. The van der Waals surface area contributed by atoms with Crippen LogP contribution < -0.4 is 16.0 Å². The molecule has 1 unspecified atom stereocenters. The first-order valence-electron chi connectivity index (χ1n) is 10.5. The first-order chi connectivity index (χ1) is 16.0. The third-order valence-corrected chi connectivity index (χ3v) is 5.39. The van der Waals surface area contributed by atoms with E-state index < -0.39 is 35.8 Å². The largest absolute Gasteiger partial charge is 0.445 e. The summed E-state index contributed by atoms with van der Waals surface area (Å²) in [4.78, 5) is 62.2. The Hall–Kier alpha value is -4.21. The number of benzene rings is 2. The molecule has 33 heavy (non-hydrogen) atoms. The van der Waals surface area contributed by atoms with Crippen LogP contribution in [0.25, 0.3) is 0 Å². The minimum absolute atomic E-state index is 0.0565. The van der Waals surface area contributed by atoms with Crippen molar-refractivity contribution in [3.8, 4) is 0 Å². The van der Waals surface area contributed by atoms with Gasteiger partial charge >= 0.3 is 6.09 Å². The Morgan fingerprint density at radius 2 is 1.79 bits per heavy atom. The fourth-order valence-electron chi connectivity index (χ4n) is 3.80. The van der Waals surface area contributed by atoms with Gasteiger partial charge in [-0.3, -0.25) is 29.4 Å². The van der Waals surface area contributed by atoms with Crippen molar-refractivity contribution in [2.24, 2.45) is 0 Å². The molecule has 2 aliphatic heterocycles. The molecule has 2 aliphatic rings. The van der Waals surface area contributed by atoms with Crippen molar-refractivity contribution >= 4 is 35.4 Å². The average Bonchev–Trinajstić information content (AvgIpc) is 3.07. The number of imide groups is 2. The molecule has 0 aromatic heterocycles. The van der Waals surface area contributed by atoms with Crippen LogP contribution in [0.3, 0.4) is 0 Å². The molecule has 170 valence electrons. The highest BCUT2D eigenvalue weighted by molar-refractivity contribution is 6.25. The lowest BCUT2D eigenvalue weighted by molar-refractivity contribution is -0.136. The highest BCUT2D eigenvalue weighted by Gasteiger charge is 2.45. The molecule has 5 amide bonds. The third-order valence-electron chi connectivity index (χ3n) is 5.39. The lowest BCUT2D eigenvalue weighted by Gasteiger charge is -2.27. The topological polar surface area (TPSA) is 134 Å². The average molecular weight is 450 g/mol. The van der Waals surface area contributed by atoms with Gasteiger partial charge in [0.25, 0.3) is 11.8 Å². The van der Waals surface area contributed by atoms with E-state index in [1.165, 1.54) is 6.07 Å². The van der Waals surface area contributed by atoms with Crippen molar-refractivity contribution in [2.75, 3.05) is 18.4 Å². The van der Waals surface area contributed by atoms with Gasteiger partial charge in [-0.05, 0) is 24.1 Å². The van der Waals surface area contributed by atoms with E-state index in [0.29, 0.717) is 5.69 Å². The van der Waals surface area contributed by atoms with Crippen molar-refractivity contribution in [2.45, 2.75) is 25.5 Å². The van der Waals surface area contributed by atoms with E-state index in [-0.39, 0.29) is 43.7 Å². The van der Waals surface area contributed by atoms with Crippen LogP contribution in [0.4, 0.5) is 10.5 Å². The van der Waals surface area contributed by atoms with Gasteiger partial charge in [-0.25, -0.2) is 4.79 Å². The van der Waals surface area contributed by atoms with E-state index >= 15 is 0 Å².